The number of ether oxygens (including phenoxy) is 1. The van der Waals surface area contributed by atoms with Crippen LogP contribution in [0.5, 0.6) is 0 Å². The Hall–Kier alpha value is -1.44. The van der Waals surface area contributed by atoms with Gasteiger partial charge in [-0.05, 0) is 24.4 Å². The summed E-state index contributed by atoms with van der Waals surface area (Å²) in [6, 6.07) is 3.78. The first-order valence-corrected chi connectivity index (χ1v) is 8.85. The van der Waals surface area contributed by atoms with Crippen LogP contribution >= 0.6 is 11.3 Å². The number of thiophene rings is 1. The van der Waals surface area contributed by atoms with Gasteiger partial charge in [0.05, 0.1) is 19.6 Å². The van der Waals surface area contributed by atoms with E-state index in [-0.39, 0.29) is 24.7 Å². The predicted molar refractivity (Wildman–Crippen MR) is 88.8 cm³/mol. The molecule has 1 amide bonds. The second kappa shape index (κ2) is 9.64. The van der Waals surface area contributed by atoms with E-state index in [0.29, 0.717) is 6.54 Å². The van der Waals surface area contributed by atoms with Crippen LogP contribution in [-0.2, 0) is 14.3 Å². The number of nitrogens with zero attached hydrogens (tertiary/aromatic N) is 1. The molecule has 1 unspecified atom stereocenters. The molecule has 1 aliphatic rings. The van der Waals surface area contributed by atoms with Crippen LogP contribution in [-0.4, -0.2) is 61.3 Å². The van der Waals surface area contributed by atoms with E-state index in [1.54, 1.807) is 0 Å². The van der Waals surface area contributed by atoms with Crippen LogP contribution in [0, 0.1) is 0 Å². The van der Waals surface area contributed by atoms with Crippen molar-refractivity contribution in [2.75, 3.05) is 39.4 Å². The predicted octanol–water partition coefficient (Wildman–Crippen LogP) is 1.54. The first kappa shape index (κ1) is 17.9. The Bertz CT molecular complexity index is 486. The van der Waals surface area contributed by atoms with E-state index in [1.165, 1.54) is 11.3 Å². The number of carbonyl (C=O) groups is 2. The molecule has 1 aromatic heterocycles. The fourth-order valence-corrected chi connectivity index (χ4v) is 3.49. The van der Waals surface area contributed by atoms with Crippen molar-refractivity contribution < 1.29 is 19.4 Å². The Labute approximate surface area is 140 Å². The molecular formula is C16H24N2O4S. The third-order valence-corrected chi connectivity index (χ3v) is 4.91. The SMILES string of the molecule is O=C(O)CC(CC(=O)NCCCN1CCOCC1)c1cccs1. The van der Waals surface area contributed by atoms with E-state index >= 15 is 0 Å². The van der Waals surface area contributed by atoms with Gasteiger partial charge in [-0.3, -0.25) is 14.5 Å². The van der Waals surface area contributed by atoms with Crippen LogP contribution in [0.2, 0.25) is 0 Å². The number of carboxylic acid groups (broad SMARTS) is 1. The molecule has 2 N–H and O–H groups in total. The zero-order valence-corrected chi connectivity index (χ0v) is 14.0. The van der Waals surface area contributed by atoms with Gasteiger partial charge in [0, 0.05) is 36.9 Å². The Balaban J connectivity index is 1.68. The van der Waals surface area contributed by atoms with Crippen molar-refractivity contribution in [2.24, 2.45) is 0 Å². The molecule has 0 radical (unpaired) electrons. The molecule has 0 aromatic carbocycles. The molecule has 1 saturated heterocycles. The topological polar surface area (TPSA) is 78.9 Å². The Morgan fingerprint density at radius 2 is 2.13 bits per heavy atom. The molecule has 2 rings (SSSR count). The molecule has 128 valence electrons. The first-order chi connectivity index (χ1) is 11.1. The molecule has 1 atom stereocenters. The minimum atomic E-state index is -0.872. The number of hydrogen-bond acceptors (Lipinski definition) is 5. The van der Waals surface area contributed by atoms with Crippen LogP contribution in [0.4, 0.5) is 0 Å². The van der Waals surface area contributed by atoms with Crippen LogP contribution < -0.4 is 5.32 Å². The highest BCUT2D eigenvalue weighted by molar-refractivity contribution is 7.10. The largest absolute Gasteiger partial charge is 0.481 e. The second-order valence-electron chi connectivity index (χ2n) is 5.67. The lowest BCUT2D eigenvalue weighted by Crippen LogP contribution is -2.38. The molecule has 0 aliphatic carbocycles. The molecule has 7 heteroatoms. The molecule has 23 heavy (non-hydrogen) atoms. The highest BCUT2D eigenvalue weighted by Crippen LogP contribution is 2.27. The van der Waals surface area contributed by atoms with Gasteiger partial charge in [-0.1, -0.05) is 6.07 Å². The highest BCUT2D eigenvalue weighted by atomic mass is 32.1. The summed E-state index contributed by atoms with van der Waals surface area (Å²) < 4.78 is 5.30. The third-order valence-electron chi connectivity index (χ3n) is 3.88. The maximum Gasteiger partial charge on any atom is 0.304 e. The van der Waals surface area contributed by atoms with Crippen LogP contribution in [0.3, 0.4) is 0 Å². The lowest BCUT2D eigenvalue weighted by atomic mass is 9.99. The van der Waals surface area contributed by atoms with E-state index in [1.807, 2.05) is 17.5 Å². The minimum Gasteiger partial charge on any atom is -0.481 e. The van der Waals surface area contributed by atoms with Gasteiger partial charge in [0.2, 0.25) is 5.91 Å². The molecule has 0 bridgehead atoms. The summed E-state index contributed by atoms with van der Waals surface area (Å²) in [5.41, 5.74) is 0. The normalized spacial score (nSPS) is 16.9. The van der Waals surface area contributed by atoms with Crippen molar-refractivity contribution in [3.05, 3.63) is 22.4 Å². The number of aliphatic carboxylic acids is 1. The summed E-state index contributed by atoms with van der Waals surface area (Å²) in [4.78, 5) is 26.3. The summed E-state index contributed by atoms with van der Waals surface area (Å²) >= 11 is 1.50. The number of amides is 1. The van der Waals surface area contributed by atoms with Crippen molar-refractivity contribution in [1.82, 2.24) is 10.2 Å². The average Bonchev–Trinajstić information content (AvgIpc) is 3.06. The highest BCUT2D eigenvalue weighted by Gasteiger charge is 2.20. The molecule has 1 aliphatic heterocycles. The maximum atomic E-state index is 12.0. The summed E-state index contributed by atoms with van der Waals surface area (Å²) in [5, 5.41) is 13.8. The van der Waals surface area contributed by atoms with E-state index in [2.05, 4.69) is 10.2 Å². The van der Waals surface area contributed by atoms with Gasteiger partial charge in [-0.15, -0.1) is 11.3 Å². The van der Waals surface area contributed by atoms with Crippen LogP contribution in [0.1, 0.15) is 30.1 Å². The van der Waals surface area contributed by atoms with Crippen LogP contribution in [0.25, 0.3) is 0 Å². The van der Waals surface area contributed by atoms with E-state index in [4.69, 9.17) is 9.84 Å². The monoisotopic (exact) mass is 340 g/mol. The zero-order valence-electron chi connectivity index (χ0n) is 13.2. The number of hydrogen-bond donors (Lipinski definition) is 2. The molecule has 0 saturated carbocycles. The second-order valence-corrected chi connectivity index (χ2v) is 6.65. The standard InChI is InChI=1S/C16H24N2O4S/c19-15(17-4-2-5-18-6-8-22-9-7-18)11-13(12-16(20)21)14-3-1-10-23-14/h1,3,10,13H,2,4-9,11-12H2,(H,17,19)(H,20,21). The van der Waals surface area contributed by atoms with E-state index in [0.717, 1.165) is 44.1 Å². The van der Waals surface area contributed by atoms with E-state index < -0.39 is 5.97 Å². The number of nitrogens with one attached hydrogen (secondary N) is 1. The molecular weight excluding hydrogens is 316 g/mol. The van der Waals surface area contributed by atoms with Crippen molar-refractivity contribution in [3.63, 3.8) is 0 Å². The van der Waals surface area contributed by atoms with Gasteiger partial charge in [-0.2, -0.15) is 0 Å². The summed E-state index contributed by atoms with van der Waals surface area (Å²) in [6.45, 7) is 5.04. The average molecular weight is 340 g/mol. The van der Waals surface area contributed by atoms with Crippen LogP contribution in [0.15, 0.2) is 17.5 Å². The number of morpholine rings is 1. The maximum absolute atomic E-state index is 12.0. The van der Waals surface area contributed by atoms with Crippen molar-refractivity contribution >= 4 is 23.2 Å². The fraction of sp³-hybridized carbons (Fsp3) is 0.625. The van der Waals surface area contributed by atoms with Gasteiger partial charge in [-0.25, -0.2) is 0 Å². The van der Waals surface area contributed by atoms with Gasteiger partial charge in [0.1, 0.15) is 0 Å². The molecule has 1 aromatic rings. The lowest BCUT2D eigenvalue weighted by Gasteiger charge is -2.26. The lowest BCUT2D eigenvalue weighted by molar-refractivity contribution is -0.137. The number of carbonyl (C=O) groups excluding carboxylic acids is 1. The first-order valence-electron chi connectivity index (χ1n) is 7.97. The molecule has 1 fully saturated rings. The van der Waals surface area contributed by atoms with Gasteiger partial charge in [0.15, 0.2) is 0 Å². The third kappa shape index (κ3) is 6.68. The molecule has 2 heterocycles. The minimum absolute atomic E-state index is 0.0122. The Kier molecular flexibility index (Phi) is 7.51. The Morgan fingerprint density at radius 3 is 2.78 bits per heavy atom. The van der Waals surface area contributed by atoms with Crippen molar-refractivity contribution in [1.29, 1.82) is 0 Å². The molecule has 0 spiro atoms. The Morgan fingerprint density at radius 1 is 1.35 bits per heavy atom. The quantitative estimate of drug-likeness (QED) is 0.667. The van der Waals surface area contributed by atoms with Gasteiger partial charge >= 0.3 is 5.97 Å². The van der Waals surface area contributed by atoms with Gasteiger partial charge < -0.3 is 15.2 Å². The smallest absolute Gasteiger partial charge is 0.304 e. The van der Waals surface area contributed by atoms with Gasteiger partial charge in [0.25, 0.3) is 0 Å². The summed E-state index contributed by atoms with van der Waals surface area (Å²) in [7, 11) is 0. The fourth-order valence-electron chi connectivity index (χ4n) is 2.66. The molecule has 6 nitrogen and oxygen atoms in total. The van der Waals surface area contributed by atoms with Crippen molar-refractivity contribution in [2.45, 2.75) is 25.2 Å². The zero-order chi connectivity index (χ0) is 16.5. The number of rotatable bonds is 9. The number of carboxylic acids is 1. The van der Waals surface area contributed by atoms with E-state index in [9.17, 15) is 9.59 Å². The summed E-state index contributed by atoms with van der Waals surface area (Å²) in [6.07, 6.45) is 1.11. The van der Waals surface area contributed by atoms with Crippen molar-refractivity contribution in [3.8, 4) is 0 Å². The summed E-state index contributed by atoms with van der Waals surface area (Å²) in [5.74, 6) is -1.19.